The summed E-state index contributed by atoms with van der Waals surface area (Å²) < 4.78 is 28.8. The second-order valence-corrected chi connectivity index (χ2v) is 6.59. The van der Waals surface area contributed by atoms with Crippen LogP contribution in [0.4, 0.5) is 5.69 Å². The highest BCUT2D eigenvalue weighted by atomic mass is 32.2. The molecule has 0 aromatic heterocycles. The van der Waals surface area contributed by atoms with Gasteiger partial charge >= 0.3 is 10.2 Å². The van der Waals surface area contributed by atoms with E-state index in [9.17, 15) is 8.42 Å². The Balaban J connectivity index is 2.11. The topological polar surface area (TPSA) is 75.4 Å². The Morgan fingerprint density at radius 3 is 2.58 bits per heavy atom. The van der Waals surface area contributed by atoms with Crippen molar-refractivity contribution in [1.29, 1.82) is 0 Å². The van der Waals surface area contributed by atoms with Gasteiger partial charge in [0.05, 0.1) is 0 Å². The first kappa shape index (κ1) is 14.3. The van der Waals surface area contributed by atoms with Gasteiger partial charge in [0.1, 0.15) is 0 Å². The van der Waals surface area contributed by atoms with Crippen molar-refractivity contribution in [3.63, 3.8) is 0 Å². The molecule has 1 heterocycles. The number of hydrogen-bond acceptors (Lipinski definition) is 3. The molecule has 6 heteroatoms. The average molecular weight is 283 g/mol. The lowest BCUT2D eigenvalue weighted by molar-refractivity contribution is 0.270. The van der Waals surface area contributed by atoms with Gasteiger partial charge in [-0.15, -0.1) is 0 Å². The molecule has 1 saturated heterocycles. The molecule has 1 fully saturated rings. The fraction of sp³-hybridized carbons (Fsp3) is 0.538. The van der Waals surface area contributed by atoms with Crippen molar-refractivity contribution in [2.45, 2.75) is 38.8 Å². The molecule has 0 aliphatic carbocycles. The molecule has 0 spiro atoms. The zero-order chi connectivity index (χ0) is 13.9. The highest BCUT2D eigenvalue weighted by Gasteiger charge is 2.29. The first-order valence-corrected chi connectivity index (χ1v) is 8.05. The van der Waals surface area contributed by atoms with Crippen molar-refractivity contribution in [1.82, 2.24) is 4.31 Å². The van der Waals surface area contributed by atoms with E-state index in [-0.39, 0.29) is 6.04 Å². The number of rotatable bonds is 4. The molecular formula is C13H21N3O2S. The number of nitrogens with one attached hydrogen (secondary N) is 1. The second-order valence-electron chi connectivity index (χ2n) is 4.96. The summed E-state index contributed by atoms with van der Waals surface area (Å²) in [6.07, 6.45) is 2.95. The van der Waals surface area contributed by atoms with Crippen molar-refractivity contribution < 1.29 is 8.42 Å². The molecular weight excluding hydrogens is 262 g/mol. The maximum atomic E-state index is 12.3. The monoisotopic (exact) mass is 283 g/mol. The van der Waals surface area contributed by atoms with Crippen LogP contribution in [0.3, 0.4) is 0 Å². The number of anilines is 1. The van der Waals surface area contributed by atoms with Crippen LogP contribution in [0.25, 0.3) is 0 Å². The molecule has 0 radical (unpaired) electrons. The average Bonchev–Trinajstić information content (AvgIpc) is 2.39. The van der Waals surface area contributed by atoms with Crippen molar-refractivity contribution in [2.75, 3.05) is 11.3 Å². The van der Waals surface area contributed by atoms with E-state index in [0.717, 1.165) is 24.8 Å². The quantitative estimate of drug-likeness (QED) is 0.882. The van der Waals surface area contributed by atoms with Crippen LogP contribution >= 0.6 is 0 Å². The Hall–Kier alpha value is -1.11. The van der Waals surface area contributed by atoms with Crippen LogP contribution in [0.15, 0.2) is 24.3 Å². The van der Waals surface area contributed by atoms with Gasteiger partial charge in [0.25, 0.3) is 0 Å². The molecule has 1 unspecified atom stereocenters. The Labute approximate surface area is 115 Å². The van der Waals surface area contributed by atoms with E-state index < -0.39 is 10.2 Å². The molecule has 0 amide bonds. The SMILES string of the molecule is CC1CCCCN1S(=O)(=O)Nc1ccc(CN)cc1. The van der Waals surface area contributed by atoms with Gasteiger partial charge in [0.2, 0.25) is 0 Å². The van der Waals surface area contributed by atoms with Gasteiger partial charge in [0.15, 0.2) is 0 Å². The van der Waals surface area contributed by atoms with E-state index in [2.05, 4.69) is 4.72 Å². The van der Waals surface area contributed by atoms with Crippen LogP contribution < -0.4 is 10.5 Å². The third kappa shape index (κ3) is 3.46. The fourth-order valence-corrected chi connectivity index (χ4v) is 3.85. The van der Waals surface area contributed by atoms with E-state index >= 15 is 0 Å². The maximum Gasteiger partial charge on any atom is 0.301 e. The van der Waals surface area contributed by atoms with E-state index in [1.165, 1.54) is 0 Å². The molecule has 106 valence electrons. The fourth-order valence-electron chi connectivity index (χ4n) is 2.35. The molecule has 1 aromatic carbocycles. The van der Waals surface area contributed by atoms with Gasteiger partial charge in [-0.1, -0.05) is 18.6 Å². The summed E-state index contributed by atoms with van der Waals surface area (Å²) in [6, 6.07) is 7.21. The first-order chi connectivity index (χ1) is 9.03. The van der Waals surface area contributed by atoms with Crippen LogP contribution in [0.5, 0.6) is 0 Å². The molecule has 0 saturated carbocycles. The van der Waals surface area contributed by atoms with Crippen LogP contribution in [-0.4, -0.2) is 25.3 Å². The van der Waals surface area contributed by atoms with E-state index in [4.69, 9.17) is 5.73 Å². The van der Waals surface area contributed by atoms with Crippen molar-refractivity contribution >= 4 is 15.9 Å². The van der Waals surface area contributed by atoms with E-state index in [1.54, 1.807) is 16.4 Å². The molecule has 3 N–H and O–H groups in total. The van der Waals surface area contributed by atoms with E-state index in [1.807, 2.05) is 19.1 Å². The summed E-state index contributed by atoms with van der Waals surface area (Å²) in [4.78, 5) is 0. The zero-order valence-corrected chi connectivity index (χ0v) is 12.0. The molecule has 0 bridgehead atoms. The minimum Gasteiger partial charge on any atom is -0.326 e. The van der Waals surface area contributed by atoms with Gasteiger partial charge in [0, 0.05) is 24.8 Å². The van der Waals surface area contributed by atoms with Crippen LogP contribution in [0, 0.1) is 0 Å². The summed E-state index contributed by atoms with van der Waals surface area (Å²) in [7, 11) is -3.45. The number of nitrogens with two attached hydrogens (primary N) is 1. The smallest absolute Gasteiger partial charge is 0.301 e. The van der Waals surface area contributed by atoms with E-state index in [0.29, 0.717) is 18.8 Å². The third-order valence-corrected chi connectivity index (χ3v) is 5.14. The molecule has 1 atom stereocenters. The largest absolute Gasteiger partial charge is 0.326 e. The summed E-state index contributed by atoms with van der Waals surface area (Å²) in [6.45, 7) is 3.00. The Morgan fingerprint density at radius 1 is 1.32 bits per heavy atom. The predicted molar refractivity (Wildman–Crippen MR) is 76.9 cm³/mol. The summed E-state index contributed by atoms with van der Waals surface area (Å²) in [5.74, 6) is 0. The van der Waals surface area contributed by atoms with Crippen molar-refractivity contribution in [3.8, 4) is 0 Å². The third-order valence-electron chi connectivity index (χ3n) is 3.49. The summed E-state index contributed by atoms with van der Waals surface area (Å²) in [5.41, 5.74) is 7.07. The highest BCUT2D eigenvalue weighted by Crippen LogP contribution is 2.21. The minimum atomic E-state index is -3.45. The molecule has 5 nitrogen and oxygen atoms in total. The lowest BCUT2D eigenvalue weighted by Gasteiger charge is -2.32. The second kappa shape index (κ2) is 5.90. The standard InChI is InChI=1S/C13H21N3O2S/c1-11-4-2-3-9-16(11)19(17,18)15-13-7-5-12(10-14)6-8-13/h5-8,11,15H,2-4,9-10,14H2,1H3. The predicted octanol–water partition coefficient (Wildman–Crippen LogP) is 1.68. The molecule has 1 aliphatic heterocycles. The summed E-state index contributed by atoms with van der Waals surface area (Å²) in [5, 5.41) is 0. The molecule has 1 aromatic rings. The maximum absolute atomic E-state index is 12.3. The Morgan fingerprint density at radius 2 is 2.00 bits per heavy atom. The zero-order valence-electron chi connectivity index (χ0n) is 11.2. The van der Waals surface area contributed by atoms with Gasteiger partial charge in [-0.25, -0.2) is 0 Å². The number of hydrogen-bond donors (Lipinski definition) is 2. The molecule has 2 rings (SSSR count). The van der Waals surface area contributed by atoms with Crippen LogP contribution in [0.2, 0.25) is 0 Å². The lowest BCUT2D eigenvalue weighted by atomic mass is 10.1. The Kier molecular flexibility index (Phi) is 4.44. The molecule has 1 aliphatic rings. The minimum absolute atomic E-state index is 0.0644. The number of piperidine rings is 1. The lowest BCUT2D eigenvalue weighted by Crippen LogP contribution is -2.44. The van der Waals surface area contributed by atoms with Gasteiger partial charge in [-0.2, -0.15) is 12.7 Å². The van der Waals surface area contributed by atoms with Crippen LogP contribution in [-0.2, 0) is 16.8 Å². The van der Waals surface area contributed by atoms with Gasteiger partial charge in [-0.05, 0) is 37.5 Å². The first-order valence-electron chi connectivity index (χ1n) is 6.61. The van der Waals surface area contributed by atoms with Crippen molar-refractivity contribution in [2.24, 2.45) is 5.73 Å². The Bertz CT molecular complexity index is 513. The highest BCUT2D eigenvalue weighted by molar-refractivity contribution is 7.90. The van der Waals surface area contributed by atoms with Crippen LogP contribution in [0.1, 0.15) is 31.7 Å². The van der Waals surface area contributed by atoms with Gasteiger partial charge < -0.3 is 5.73 Å². The normalized spacial score (nSPS) is 21.3. The number of benzene rings is 1. The summed E-state index contributed by atoms with van der Waals surface area (Å²) >= 11 is 0. The molecule has 19 heavy (non-hydrogen) atoms. The number of nitrogens with zero attached hydrogens (tertiary/aromatic N) is 1. The van der Waals surface area contributed by atoms with Gasteiger partial charge in [-0.3, -0.25) is 4.72 Å². The van der Waals surface area contributed by atoms with Crippen molar-refractivity contribution in [3.05, 3.63) is 29.8 Å².